The van der Waals surface area contributed by atoms with E-state index in [-0.39, 0.29) is 31.4 Å². The molecule has 36 heavy (non-hydrogen) atoms. The van der Waals surface area contributed by atoms with Crippen LogP contribution in [0.3, 0.4) is 0 Å². The molecule has 0 bridgehead atoms. The van der Waals surface area contributed by atoms with Crippen molar-refractivity contribution in [1.29, 1.82) is 0 Å². The van der Waals surface area contributed by atoms with Crippen LogP contribution in [0.5, 0.6) is 0 Å². The van der Waals surface area contributed by atoms with Crippen molar-refractivity contribution in [3.8, 4) is 0 Å². The standard InChI is InChI=1S/C19H30N3O13P/c1-19(8-20,17(27)28)4-9-5-22(18(29)21-16(9)26)14-2-10(24)13(33-14)7-32-36(30,31)35-11-3-15(25)34-12(11)6-23/h5,10-15,23-25H,2-4,6-8,20H2,1H3,(H,27,28)(H,30,31)(H,21,26,29)/t10-,11-,12+,13+,14+,15+,19-/m0/s1. The molecule has 2 fully saturated rings. The van der Waals surface area contributed by atoms with E-state index in [0.717, 1.165) is 10.8 Å². The SMILES string of the molecule is C[C@@](CN)(Cc1cn([C@H]2C[C@H](O)[C@@H](COP(=O)(O)O[C@H]3C[C@H](O)O[C@@H]3CO)O2)c(=O)[nH]c1=O)C(=O)O. The molecule has 2 saturated heterocycles. The first kappa shape index (κ1) is 28.6. The molecule has 0 spiro atoms. The van der Waals surface area contributed by atoms with Crippen molar-refractivity contribution in [3.05, 3.63) is 32.6 Å². The van der Waals surface area contributed by atoms with Gasteiger partial charge in [-0.25, -0.2) is 9.36 Å². The van der Waals surface area contributed by atoms with Crippen LogP contribution in [0.1, 0.15) is 31.6 Å². The van der Waals surface area contributed by atoms with Crippen molar-refractivity contribution in [3.63, 3.8) is 0 Å². The lowest BCUT2D eigenvalue weighted by molar-refractivity contribution is -0.147. The Bertz CT molecular complexity index is 1110. The molecule has 8 atom stereocenters. The normalized spacial score (nSPS) is 31.7. The summed E-state index contributed by atoms with van der Waals surface area (Å²) in [7, 11) is -4.73. The molecule has 0 radical (unpaired) electrons. The molecule has 2 aliphatic heterocycles. The van der Waals surface area contributed by atoms with Crippen LogP contribution in [0.4, 0.5) is 0 Å². The number of hydrogen-bond acceptors (Lipinski definition) is 12. The number of nitrogens with one attached hydrogen (secondary N) is 1. The monoisotopic (exact) mass is 539 g/mol. The second-order valence-electron chi connectivity index (χ2n) is 8.96. The van der Waals surface area contributed by atoms with Gasteiger partial charge in [0, 0.05) is 31.1 Å². The fraction of sp³-hybridized carbons (Fsp3) is 0.737. The maximum atomic E-state index is 12.4. The molecule has 1 aromatic rings. The molecular formula is C19H30N3O13P. The molecule has 3 rings (SSSR count). The summed E-state index contributed by atoms with van der Waals surface area (Å²) < 4.78 is 33.7. The van der Waals surface area contributed by atoms with E-state index in [1.54, 1.807) is 0 Å². The topological polar surface area (TPSA) is 253 Å². The minimum Gasteiger partial charge on any atom is -0.481 e. The van der Waals surface area contributed by atoms with E-state index in [9.17, 15) is 44.3 Å². The minimum atomic E-state index is -4.73. The Labute approximate surface area is 203 Å². The van der Waals surface area contributed by atoms with Crippen LogP contribution in [-0.2, 0) is 34.3 Å². The van der Waals surface area contributed by atoms with Crippen LogP contribution < -0.4 is 17.0 Å². The van der Waals surface area contributed by atoms with E-state index in [4.69, 9.17) is 24.3 Å². The van der Waals surface area contributed by atoms with Crippen molar-refractivity contribution >= 4 is 13.8 Å². The van der Waals surface area contributed by atoms with Gasteiger partial charge in [0.05, 0.1) is 24.7 Å². The summed E-state index contributed by atoms with van der Waals surface area (Å²) in [6.45, 7) is -0.113. The van der Waals surface area contributed by atoms with Crippen molar-refractivity contribution in [2.45, 2.75) is 63.1 Å². The van der Waals surface area contributed by atoms with E-state index >= 15 is 0 Å². The lowest BCUT2D eigenvalue weighted by Crippen LogP contribution is -2.41. The fourth-order valence-corrected chi connectivity index (χ4v) is 4.85. The van der Waals surface area contributed by atoms with Crippen LogP contribution in [-0.4, -0.2) is 91.3 Å². The number of aliphatic hydroxyl groups excluding tert-OH is 3. The number of aliphatic hydroxyl groups is 3. The van der Waals surface area contributed by atoms with E-state index in [1.165, 1.54) is 6.92 Å². The average Bonchev–Trinajstić information content (AvgIpc) is 3.34. The maximum absolute atomic E-state index is 12.4. The number of rotatable bonds is 11. The van der Waals surface area contributed by atoms with Gasteiger partial charge >= 0.3 is 19.5 Å². The zero-order chi connectivity index (χ0) is 26.8. The van der Waals surface area contributed by atoms with E-state index in [2.05, 4.69) is 4.98 Å². The van der Waals surface area contributed by atoms with Gasteiger partial charge in [-0.2, -0.15) is 0 Å². The quantitative estimate of drug-likeness (QED) is 0.142. The Morgan fingerprint density at radius 3 is 2.61 bits per heavy atom. The van der Waals surface area contributed by atoms with Gasteiger partial charge < -0.3 is 40.5 Å². The number of nitrogens with two attached hydrogens (primary N) is 1. The summed E-state index contributed by atoms with van der Waals surface area (Å²) in [5.41, 5.74) is 2.37. The van der Waals surface area contributed by atoms with Crippen LogP contribution in [0.15, 0.2) is 15.8 Å². The molecule has 1 unspecified atom stereocenters. The van der Waals surface area contributed by atoms with Crippen LogP contribution >= 0.6 is 7.82 Å². The Balaban J connectivity index is 1.68. The number of aromatic amines is 1. The van der Waals surface area contributed by atoms with Gasteiger partial charge in [-0.05, 0) is 13.3 Å². The van der Waals surface area contributed by atoms with Gasteiger partial charge in [0.1, 0.15) is 24.5 Å². The number of H-pyrrole nitrogens is 1. The van der Waals surface area contributed by atoms with Gasteiger partial charge in [0.2, 0.25) is 0 Å². The second-order valence-corrected chi connectivity index (χ2v) is 10.4. The minimum absolute atomic E-state index is 0.0459. The molecule has 0 aromatic carbocycles. The molecule has 0 aliphatic carbocycles. The maximum Gasteiger partial charge on any atom is 0.472 e. The molecule has 204 valence electrons. The van der Waals surface area contributed by atoms with Crippen LogP contribution in [0.2, 0.25) is 0 Å². The number of phosphoric ester groups is 1. The van der Waals surface area contributed by atoms with Crippen LogP contribution in [0.25, 0.3) is 0 Å². The lowest BCUT2D eigenvalue weighted by Gasteiger charge is -2.23. The number of carbonyl (C=O) groups is 1. The summed E-state index contributed by atoms with van der Waals surface area (Å²) in [5, 5.41) is 38.5. The zero-order valence-electron chi connectivity index (χ0n) is 19.3. The number of nitrogens with zero attached hydrogens (tertiary/aromatic N) is 1. The first-order chi connectivity index (χ1) is 16.8. The fourth-order valence-electron chi connectivity index (χ4n) is 3.89. The van der Waals surface area contributed by atoms with E-state index in [0.29, 0.717) is 0 Å². The number of ether oxygens (including phenoxy) is 2. The Hall–Kier alpha value is -1.98. The van der Waals surface area contributed by atoms with Gasteiger partial charge in [0.15, 0.2) is 6.29 Å². The summed E-state index contributed by atoms with van der Waals surface area (Å²) in [5.74, 6) is -1.23. The second kappa shape index (κ2) is 11.2. The largest absolute Gasteiger partial charge is 0.481 e. The third-order valence-electron chi connectivity index (χ3n) is 6.13. The number of carboxylic acids is 1. The summed E-state index contributed by atoms with van der Waals surface area (Å²) in [4.78, 5) is 48.2. The number of aromatic nitrogens is 2. The lowest BCUT2D eigenvalue weighted by atomic mass is 9.84. The zero-order valence-corrected chi connectivity index (χ0v) is 20.2. The number of hydrogen-bond donors (Lipinski definition) is 7. The summed E-state index contributed by atoms with van der Waals surface area (Å²) >= 11 is 0. The average molecular weight is 539 g/mol. The third kappa shape index (κ3) is 6.47. The number of carboxylic acid groups (broad SMARTS) is 1. The predicted molar refractivity (Wildman–Crippen MR) is 118 cm³/mol. The molecule has 0 amide bonds. The highest BCUT2D eigenvalue weighted by Crippen LogP contribution is 2.47. The Kier molecular flexibility index (Phi) is 8.88. The molecule has 16 nitrogen and oxygen atoms in total. The molecule has 3 heterocycles. The highest BCUT2D eigenvalue weighted by molar-refractivity contribution is 7.47. The van der Waals surface area contributed by atoms with E-state index < -0.39 is 80.6 Å². The van der Waals surface area contributed by atoms with Gasteiger partial charge in [0.25, 0.3) is 5.56 Å². The van der Waals surface area contributed by atoms with Crippen molar-refractivity contribution in [2.75, 3.05) is 19.8 Å². The van der Waals surface area contributed by atoms with Gasteiger partial charge in [-0.1, -0.05) is 0 Å². The van der Waals surface area contributed by atoms with Crippen molar-refractivity contribution < 1.29 is 53.2 Å². The number of phosphoric acid groups is 1. The molecular weight excluding hydrogens is 509 g/mol. The van der Waals surface area contributed by atoms with Crippen molar-refractivity contribution in [2.24, 2.45) is 11.1 Å². The molecule has 17 heteroatoms. The van der Waals surface area contributed by atoms with Gasteiger partial charge in [-0.15, -0.1) is 0 Å². The summed E-state index contributed by atoms with van der Waals surface area (Å²) in [6.07, 6.45) is -6.45. The third-order valence-corrected chi connectivity index (χ3v) is 7.15. The van der Waals surface area contributed by atoms with Crippen LogP contribution in [0, 0.1) is 5.41 Å². The van der Waals surface area contributed by atoms with Crippen molar-refractivity contribution in [1.82, 2.24) is 9.55 Å². The molecule has 2 aliphatic rings. The summed E-state index contributed by atoms with van der Waals surface area (Å²) in [6, 6.07) is 0. The number of aliphatic carboxylic acids is 1. The molecule has 0 saturated carbocycles. The molecule has 8 N–H and O–H groups in total. The molecule has 1 aromatic heterocycles. The smallest absolute Gasteiger partial charge is 0.472 e. The van der Waals surface area contributed by atoms with E-state index in [1.807, 2.05) is 0 Å². The predicted octanol–water partition coefficient (Wildman–Crippen LogP) is -2.62. The first-order valence-corrected chi connectivity index (χ1v) is 12.5. The highest BCUT2D eigenvalue weighted by Gasteiger charge is 2.42. The Morgan fingerprint density at radius 1 is 1.31 bits per heavy atom. The first-order valence-electron chi connectivity index (χ1n) is 11.0. The highest BCUT2D eigenvalue weighted by atomic mass is 31.2. The Morgan fingerprint density at radius 2 is 2.00 bits per heavy atom. The van der Waals surface area contributed by atoms with Gasteiger partial charge in [-0.3, -0.25) is 28.2 Å².